The number of benzene rings is 1. The smallest absolute Gasteiger partial charge is 0.323 e. The number of carbonyl (C=O) groups is 2. The molecule has 1 aromatic heterocycles. The fraction of sp³-hybridized carbons (Fsp3) is 0.538. The van der Waals surface area contributed by atoms with E-state index in [0.29, 0.717) is 12.8 Å². The first-order valence-corrected chi connectivity index (χ1v) is 14.6. The molecule has 0 radical (unpaired) electrons. The quantitative estimate of drug-likeness (QED) is 0.380. The summed E-state index contributed by atoms with van der Waals surface area (Å²) in [5.74, 6) is -1.09. The van der Waals surface area contributed by atoms with Crippen LogP contribution >= 0.6 is 18.7 Å². The Morgan fingerprint density at radius 1 is 1.12 bits per heavy atom. The lowest BCUT2D eigenvalue weighted by atomic mass is 9.93. The number of hydrogen-bond donors (Lipinski definition) is 2. The Morgan fingerprint density at radius 3 is 2.29 bits per heavy atom. The van der Waals surface area contributed by atoms with Gasteiger partial charge in [0.1, 0.15) is 0 Å². The van der Waals surface area contributed by atoms with Gasteiger partial charge in [-0.2, -0.15) is 0 Å². The van der Waals surface area contributed by atoms with E-state index in [-0.39, 0.29) is 24.0 Å². The van der Waals surface area contributed by atoms with Gasteiger partial charge in [-0.3, -0.25) is 14.3 Å². The SMILES string of the molecule is CCCC(C(=O)N(CC(C)(C)C)C(=O)NC)C(C)P(=O)(O)Cc1ccc(Cc2ccccc2)s1. The van der Waals surface area contributed by atoms with Crippen molar-refractivity contribution < 1.29 is 19.0 Å². The molecule has 0 aliphatic rings. The molecule has 1 aromatic carbocycles. The van der Waals surface area contributed by atoms with Crippen LogP contribution in [0.1, 0.15) is 62.8 Å². The fourth-order valence-corrected chi connectivity index (χ4v) is 7.33. The molecule has 0 saturated heterocycles. The Balaban J connectivity index is 2.21. The first-order chi connectivity index (χ1) is 15.9. The van der Waals surface area contributed by atoms with Crippen LogP contribution in [-0.2, 0) is 21.9 Å². The van der Waals surface area contributed by atoms with Crippen molar-refractivity contribution in [2.75, 3.05) is 13.6 Å². The maximum Gasteiger partial charge on any atom is 0.323 e. The van der Waals surface area contributed by atoms with Gasteiger partial charge in [-0.25, -0.2) is 4.79 Å². The zero-order valence-corrected chi connectivity index (χ0v) is 22.9. The molecular formula is C26H39N2O4PS. The summed E-state index contributed by atoms with van der Waals surface area (Å²) in [5.41, 5.74) is 0.141. The second-order valence-corrected chi connectivity index (χ2v) is 14.0. The molecule has 2 aromatic rings. The first kappa shape index (κ1) is 28.3. The maximum absolute atomic E-state index is 13.5. The van der Waals surface area contributed by atoms with Crippen molar-refractivity contribution >= 4 is 30.6 Å². The largest absolute Gasteiger partial charge is 0.344 e. The Kier molecular flexibility index (Phi) is 10.1. The summed E-state index contributed by atoms with van der Waals surface area (Å²) in [6.07, 6.45) is 1.94. The molecule has 2 rings (SSSR count). The van der Waals surface area contributed by atoms with Gasteiger partial charge in [-0.05, 0) is 29.5 Å². The van der Waals surface area contributed by atoms with Crippen molar-refractivity contribution in [3.05, 3.63) is 57.8 Å². The highest BCUT2D eigenvalue weighted by Gasteiger charge is 2.41. The third-order valence-corrected chi connectivity index (χ3v) is 9.54. The van der Waals surface area contributed by atoms with Crippen LogP contribution in [0.15, 0.2) is 42.5 Å². The molecule has 8 heteroatoms. The molecule has 188 valence electrons. The highest BCUT2D eigenvalue weighted by molar-refractivity contribution is 7.58. The van der Waals surface area contributed by atoms with Crippen molar-refractivity contribution in [1.29, 1.82) is 0 Å². The van der Waals surface area contributed by atoms with Gasteiger partial charge in [0, 0.05) is 35.4 Å². The van der Waals surface area contributed by atoms with Crippen LogP contribution in [0.25, 0.3) is 0 Å². The van der Waals surface area contributed by atoms with Gasteiger partial charge in [0.15, 0.2) is 0 Å². The molecule has 2 N–H and O–H groups in total. The summed E-state index contributed by atoms with van der Waals surface area (Å²) < 4.78 is 13.5. The molecule has 34 heavy (non-hydrogen) atoms. The van der Waals surface area contributed by atoms with Gasteiger partial charge >= 0.3 is 6.03 Å². The van der Waals surface area contributed by atoms with Crippen LogP contribution in [0.2, 0.25) is 0 Å². The summed E-state index contributed by atoms with van der Waals surface area (Å²) in [4.78, 5) is 40.3. The molecular weight excluding hydrogens is 467 g/mol. The van der Waals surface area contributed by atoms with Crippen LogP contribution in [0.3, 0.4) is 0 Å². The third-order valence-electron chi connectivity index (χ3n) is 5.81. The number of hydrogen-bond acceptors (Lipinski definition) is 4. The number of thiophene rings is 1. The normalized spacial score (nSPS) is 15.3. The lowest BCUT2D eigenvalue weighted by Crippen LogP contribution is -2.50. The number of carbonyl (C=O) groups excluding carboxylic acids is 2. The standard InChI is InChI=1S/C26H39N2O4PS/c1-7-11-23(24(29)28(25(30)27-6)18-26(3,4)5)19(2)33(31,32)17-22-15-14-21(34-22)16-20-12-9-8-10-13-20/h8-10,12-15,19,23H,7,11,16-18H2,1-6H3,(H,27,30)(H,31,32). The number of nitrogens with zero attached hydrogens (tertiary/aromatic N) is 1. The molecule has 3 amide bonds. The fourth-order valence-electron chi connectivity index (χ4n) is 3.99. The van der Waals surface area contributed by atoms with Crippen LogP contribution in [0.5, 0.6) is 0 Å². The van der Waals surface area contributed by atoms with Crippen LogP contribution in [0.4, 0.5) is 4.79 Å². The molecule has 0 bridgehead atoms. The second-order valence-electron chi connectivity index (χ2n) is 10.1. The van der Waals surface area contributed by atoms with Crippen molar-refractivity contribution in [2.45, 2.75) is 65.7 Å². The molecule has 1 heterocycles. The highest BCUT2D eigenvalue weighted by Crippen LogP contribution is 2.54. The average molecular weight is 507 g/mol. The first-order valence-electron chi connectivity index (χ1n) is 11.8. The lowest BCUT2D eigenvalue weighted by molar-refractivity contribution is -0.133. The second kappa shape index (κ2) is 12.1. The summed E-state index contributed by atoms with van der Waals surface area (Å²) in [5, 5.41) is 2.54. The van der Waals surface area contributed by atoms with E-state index < -0.39 is 25.0 Å². The van der Waals surface area contributed by atoms with Crippen LogP contribution in [0, 0.1) is 11.3 Å². The molecule has 0 spiro atoms. The number of amides is 3. The highest BCUT2D eigenvalue weighted by atomic mass is 32.1. The third kappa shape index (κ3) is 8.07. The minimum atomic E-state index is -3.71. The minimum absolute atomic E-state index is 0.0281. The Hall–Kier alpha value is -1.95. The number of urea groups is 1. The van der Waals surface area contributed by atoms with E-state index in [1.807, 2.05) is 58.0 Å². The van der Waals surface area contributed by atoms with E-state index >= 15 is 0 Å². The molecule has 0 aliphatic heterocycles. The minimum Gasteiger partial charge on any atom is -0.344 e. The van der Waals surface area contributed by atoms with Gasteiger partial charge in [-0.15, -0.1) is 11.3 Å². The van der Waals surface area contributed by atoms with E-state index in [1.165, 1.54) is 28.8 Å². The van der Waals surface area contributed by atoms with Gasteiger partial charge in [0.05, 0.1) is 12.1 Å². The van der Waals surface area contributed by atoms with Gasteiger partial charge in [0.25, 0.3) is 0 Å². The lowest BCUT2D eigenvalue weighted by Gasteiger charge is -2.34. The van der Waals surface area contributed by atoms with Crippen molar-refractivity contribution in [3.63, 3.8) is 0 Å². The summed E-state index contributed by atoms with van der Waals surface area (Å²) >= 11 is 1.54. The van der Waals surface area contributed by atoms with E-state index in [2.05, 4.69) is 17.4 Å². The molecule has 3 unspecified atom stereocenters. The van der Waals surface area contributed by atoms with Crippen molar-refractivity contribution in [3.8, 4) is 0 Å². The summed E-state index contributed by atoms with van der Waals surface area (Å²) in [7, 11) is -2.22. The maximum atomic E-state index is 13.5. The monoisotopic (exact) mass is 506 g/mol. The van der Waals surface area contributed by atoms with Crippen molar-refractivity contribution in [2.24, 2.45) is 11.3 Å². The van der Waals surface area contributed by atoms with E-state index in [4.69, 9.17) is 0 Å². The van der Waals surface area contributed by atoms with Crippen LogP contribution in [-0.4, -0.2) is 41.0 Å². The van der Waals surface area contributed by atoms with Crippen molar-refractivity contribution in [1.82, 2.24) is 10.2 Å². The topological polar surface area (TPSA) is 86.7 Å². The summed E-state index contributed by atoms with van der Waals surface area (Å²) in [6, 6.07) is 13.5. The van der Waals surface area contributed by atoms with E-state index in [1.54, 1.807) is 6.92 Å². The predicted molar refractivity (Wildman–Crippen MR) is 141 cm³/mol. The Morgan fingerprint density at radius 2 is 1.74 bits per heavy atom. The Bertz CT molecular complexity index is 1000. The van der Waals surface area contributed by atoms with E-state index in [9.17, 15) is 19.0 Å². The molecule has 3 atom stereocenters. The van der Waals surface area contributed by atoms with Gasteiger partial charge in [-0.1, -0.05) is 71.4 Å². The predicted octanol–water partition coefficient (Wildman–Crippen LogP) is 6.13. The molecule has 0 saturated carbocycles. The number of rotatable bonds is 10. The summed E-state index contributed by atoms with van der Waals surface area (Å²) in [6.45, 7) is 9.72. The number of imide groups is 1. The molecule has 0 fully saturated rings. The van der Waals surface area contributed by atoms with E-state index in [0.717, 1.165) is 16.2 Å². The zero-order chi connectivity index (χ0) is 25.5. The van der Waals surface area contributed by atoms with Crippen LogP contribution < -0.4 is 5.32 Å². The average Bonchev–Trinajstić information content (AvgIpc) is 3.20. The Labute approximate surface area is 208 Å². The number of nitrogens with one attached hydrogen (secondary N) is 1. The van der Waals surface area contributed by atoms with Gasteiger partial charge < -0.3 is 10.2 Å². The van der Waals surface area contributed by atoms with Gasteiger partial charge in [0.2, 0.25) is 13.3 Å². The zero-order valence-electron chi connectivity index (χ0n) is 21.2. The molecule has 0 aliphatic carbocycles. The molecule has 6 nitrogen and oxygen atoms in total.